The summed E-state index contributed by atoms with van der Waals surface area (Å²) in [6.07, 6.45) is 1.26. The van der Waals surface area contributed by atoms with E-state index in [9.17, 15) is 13.2 Å². The van der Waals surface area contributed by atoms with E-state index in [1.165, 1.54) is 15.8 Å². The van der Waals surface area contributed by atoms with Crippen molar-refractivity contribution in [2.75, 3.05) is 19.7 Å². The Morgan fingerprint density at radius 2 is 2.05 bits per heavy atom. The van der Waals surface area contributed by atoms with Crippen molar-refractivity contribution in [2.45, 2.75) is 17.7 Å². The molecule has 2 heterocycles. The summed E-state index contributed by atoms with van der Waals surface area (Å²) in [6, 6.07) is 1.19. The Bertz CT molecular complexity index is 557. The molecule has 2 rings (SSSR count). The number of hydrogen-bond acceptors (Lipinski definition) is 5. The molecule has 0 unspecified atom stereocenters. The van der Waals surface area contributed by atoms with Crippen LogP contribution in [0.15, 0.2) is 16.3 Å². The molecule has 0 saturated carbocycles. The van der Waals surface area contributed by atoms with Gasteiger partial charge in [-0.3, -0.25) is 0 Å². The zero-order valence-electron chi connectivity index (χ0n) is 10.2. The first-order valence-electron chi connectivity index (χ1n) is 5.88. The number of rotatable bonds is 4. The van der Waals surface area contributed by atoms with E-state index in [4.69, 9.17) is 10.2 Å². The van der Waals surface area contributed by atoms with Crippen molar-refractivity contribution in [3.05, 3.63) is 16.3 Å². The molecule has 1 aliphatic rings. The van der Waals surface area contributed by atoms with Crippen LogP contribution in [0.2, 0.25) is 0 Å². The van der Waals surface area contributed by atoms with Crippen LogP contribution in [0.4, 0.5) is 0 Å². The Hall–Kier alpha value is -0.960. The fourth-order valence-electron chi connectivity index (χ4n) is 2.05. The van der Waals surface area contributed by atoms with Crippen LogP contribution in [-0.2, 0) is 10.0 Å². The third-order valence-electron chi connectivity index (χ3n) is 3.26. The average molecular weight is 305 g/mol. The lowest BCUT2D eigenvalue weighted by Crippen LogP contribution is -2.39. The molecule has 106 valence electrons. The third kappa shape index (κ3) is 2.97. The number of carboxylic acids is 1. The molecule has 1 aromatic rings. The number of carboxylic acid groups (broad SMARTS) is 1. The second kappa shape index (κ2) is 5.58. The van der Waals surface area contributed by atoms with Crippen molar-refractivity contribution in [2.24, 2.45) is 5.92 Å². The Balaban J connectivity index is 2.16. The van der Waals surface area contributed by atoms with Gasteiger partial charge in [-0.25, -0.2) is 13.2 Å². The highest BCUT2D eigenvalue weighted by Gasteiger charge is 2.30. The van der Waals surface area contributed by atoms with E-state index in [2.05, 4.69) is 0 Å². The van der Waals surface area contributed by atoms with Gasteiger partial charge >= 0.3 is 5.97 Å². The summed E-state index contributed by atoms with van der Waals surface area (Å²) in [5.41, 5.74) is 0. The minimum absolute atomic E-state index is 0.0174. The van der Waals surface area contributed by atoms with Crippen LogP contribution in [0, 0.1) is 5.92 Å². The van der Waals surface area contributed by atoms with Crippen molar-refractivity contribution in [1.82, 2.24) is 4.31 Å². The predicted octanol–water partition coefficient (Wildman–Crippen LogP) is 0.839. The van der Waals surface area contributed by atoms with E-state index in [0.29, 0.717) is 25.9 Å². The van der Waals surface area contributed by atoms with Gasteiger partial charge in [0.25, 0.3) is 0 Å². The third-order valence-corrected chi connectivity index (χ3v) is 6.20. The van der Waals surface area contributed by atoms with E-state index >= 15 is 0 Å². The van der Waals surface area contributed by atoms with Crippen LogP contribution >= 0.6 is 11.3 Å². The first-order chi connectivity index (χ1) is 8.95. The summed E-state index contributed by atoms with van der Waals surface area (Å²) >= 11 is 0.908. The molecular formula is C11H15NO5S2. The molecular weight excluding hydrogens is 290 g/mol. The summed E-state index contributed by atoms with van der Waals surface area (Å²) in [5, 5.41) is 19.2. The first kappa shape index (κ1) is 14.4. The van der Waals surface area contributed by atoms with Gasteiger partial charge in [0.05, 0.1) is 4.90 Å². The number of hydrogen-bond donors (Lipinski definition) is 2. The fraction of sp³-hybridized carbons (Fsp3) is 0.545. The molecule has 0 spiro atoms. The van der Waals surface area contributed by atoms with Crippen LogP contribution < -0.4 is 0 Å². The maximum Gasteiger partial charge on any atom is 0.345 e. The largest absolute Gasteiger partial charge is 0.477 e. The van der Waals surface area contributed by atoms with Crippen molar-refractivity contribution in [3.8, 4) is 0 Å². The molecule has 0 bridgehead atoms. The monoisotopic (exact) mass is 305 g/mol. The van der Waals surface area contributed by atoms with E-state index in [0.717, 1.165) is 11.3 Å². The normalized spacial score (nSPS) is 18.6. The lowest BCUT2D eigenvalue weighted by molar-refractivity contribution is 0.0702. The molecule has 2 N–H and O–H groups in total. The Morgan fingerprint density at radius 1 is 1.42 bits per heavy atom. The molecule has 0 aliphatic carbocycles. The molecule has 1 saturated heterocycles. The molecule has 1 fully saturated rings. The van der Waals surface area contributed by atoms with Crippen LogP contribution in [0.5, 0.6) is 0 Å². The van der Waals surface area contributed by atoms with E-state index in [-0.39, 0.29) is 22.3 Å². The number of nitrogens with zero attached hydrogens (tertiary/aromatic N) is 1. The zero-order valence-corrected chi connectivity index (χ0v) is 11.8. The van der Waals surface area contributed by atoms with E-state index in [1.807, 2.05) is 0 Å². The second-order valence-electron chi connectivity index (χ2n) is 4.48. The number of aliphatic hydroxyl groups excluding tert-OH is 1. The van der Waals surface area contributed by atoms with Crippen LogP contribution in [-0.4, -0.2) is 48.6 Å². The van der Waals surface area contributed by atoms with Gasteiger partial charge in [-0.2, -0.15) is 4.31 Å². The summed E-state index contributed by atoms with van der Waals surface area (Å²) in [5.74, 6) is -0.964. The molecule has 8 heteroatoms. The zero-order chi connectivity index (χ0) is 14.0. The van der Waals surface area contributed by atoms with Gasteiger partial charge in [-0.1, -0.05) is 0 Å². The lowest BCUT2D eigenvalue weighted by Gasteiger charge is -2.29. The fourth-order valence-corrected chi connectivity index (χ4v) is 4.62. The van der Waals surface area contributed by atoms with Gasteiger partial charge in [-0.15, -0.1) is 11.3 Å². The van der Waals surface area contributed by atoms with E-state index < -0.39 is 16.0 Å². The predicted molar refractivity (Wildman–Crippen MR) is 69.8 cm³/mol. The molecule has 0 amide bonds. The summed E-state index contributed by atoms with van der Waals surface area (Å²) < 4.78 is 25.9. The first-order valence-corrected chi connectivity index (χ1v) is 8.20. The molecule has 0 atom stereocenters. The van der Waals surface area contributed by atoms with E-state index in [1.54, 1.807) is 0 Å². The van der Waals surface area contributed by atoms with Crippen LogP contribution in [0.25, 0.3) is 0 Å². The van der Waals surface area contributed by atoms with Crippen molar-refractivity contribution in [1.29, 1.82) is 0 Å². The number of thiophene rings is 1. The summed E-state index contributed by atoms with van der Waals surface area (Å²) in [7, 11) is -3.61. The molecule has 0 aromatic carbocycles. The highest BCUT2D eigenvalue weighted by atomic mass is 32.2. The van der Waals surface area contributed by atoms with Crippen molar-refractivity contribution < 1.29 is 23.4 Å². The van der Waals surface area contributed by atoms with Gasteiger partial charge in [-0.05, 0) is 24.8 Å². The highest BCUT2D eigenvalue weighted by Crippen LogP contribution is 2.26. The summed E-state index contributed by atoms with van der Waals surface area (Å²) in [4.78, 5) is 10.8. The SMILES string of the molecule is O=C(O)c1cc(S(=O)(=O)N2CCC(CO)CC2)cs1. The molecule has 1 aromatic heterocycles. The minimum atomic E-state index is -3.61. The van der Waals surface area contributed by atoms with Crippen LogP contribution in [0.1, 0.15) is 22.5 Å². The van der Waals surface area contributed by atoms with Crippen molar-refractivity contribution in [3.63, 3.8) is 0 Å². The lowest BCUT2D eigenvalue weighted by atomic mass is 10.00. The minimum Gasteiger partial charge on any atom is -0.477 e. The molecule has 6 nitrogen and oxygen atoms in total. The maximum atomic E-state index is 12.3. The summed E-state index contributed by atoms with van der Waals surface area (Å²) in [6.45, 7) is 0.813. The number of sulfonamides is 1. The van der Waals surface area contributed by atoms with Gasteiger partial charge in [0, 0.05) is 25.1 Å². The standard InChI is InChI=1S/C11H15NO5S2/c13-6-8-1-3-12(4-2-8)19(16,17)9-5-10(11(14)15)18-7-9/h5,7-8,13H,1-4,6H2,(H,14,15). The molecule has 1 aliphatic heterocycles. The van der Waals surface area contributed by atoms with Gasteiger partial charge in [0.1, 0.15) is 4.88 Å². The van der Waals surface area contributed by atoms with Crippen molar-refractivity contribution >= 4 is 27.3 Å². The average Bonchev–Trinajstić information content (AvgIpc) is 2.89. The topological polar surface area (TPSA) is 94.9 Å². The Labute approximate surface area is 115 Å². The highest BCUT2D eigenvalue weighted by molar-refractivity contribution is 7.89. The smallest absolute Gasteiger partial charge is 0.345 e. The number of piperidine rings is 1. The van der Waals surface area contributed by atoms with Gasteiger partial charge in [0.2, 0.25) is 10.0 Å². The number of aromatic carboxylic acids is 1. The quantitative estimate of drug-likeness (QED) is 0.859. The van der Waals surface area contributed by atoms with Crippen LogP contribution in [0.3, 0.4) is 0 Å². The molecule has 0 radical (unpaired) electrons. The number of aliphatic hydroxyl groups is 1. The maximum absolute atomic E-state index is 12.3. The van der Waals surface area contributed by atoms with Gasteiger partial charge < -0.3 is 10.2 Å². The number of carbonyl (C=O) groups is 1. The van der Waals surface area contributed by atoms with Gasteiger partial charge in [0.15, 0.2) is 0 Å². The molecule has 19 heavy (non-hydrogen) atoms. The Kier molecular flexibility index (Phi) is 4.24. The Morgan fingerprint density at radius 3 is 2.53 bits per heavy atom. The second-order valence-corrected chi connectivity index (χ2v) is 7.33.